The third-order valence-corrected chi connectivity index (χ3v) is 3.06. The van der Waals surface area contributed by atoms with Gasteiger partial charge in [-0.3, -0.25) is 15.1 Å². The minimum atomic E-state index is -0.471. The molecular weight excluding hydrogens is 254 g/mol. The Morgan fingerprint density at radius 2 is 2.33 bits per heavy atom. The predicted octanol–water partition coefficient (Wildman–Crippen LogP) is 2.09. The molecule has 0 aliphatic heterocycles. The first-order valence-corrected chi connectivity index (χ1v) is 6.06. The number of nitro benzene ring substituents is 1. The van der Waals surface area contributed by atoms with Gasteiger partial charge in [-0.15, -0.1) is 11.3 Å². The number of nitro groups is 1. The van der Waals surface area contributed by atoms with Gasteiger partial charge < -0.3 is 10.5 Å². The van der Waals surface area contributed by atoms with Crippen LogP contribution in [0.5, 0.6) is 5.75 Å². The molecule has 0 amide bonds. The highest BCUT2D eigenvalue weighted by atomic mass is 32.1. The minimum Gasteiger partial charge on any atom is -0.481 e. The van der Waals surface area contributed by atoms with E-state index in [2.05, 4.69) is 4.98 Å². The van der Waals surface area contributed by atoms with Crippen LogP contribution in [0.2, 0.25) is 0 Å². The Balaban J connectivity index is 2.18. The number of nitrogens with two attached hydrogens (primary N) is 1. The number of benzene rings is 1. The van der Waals surface area contributed by atoms with Gasteiger partial charge in [-0.1, -0.05) is 6.07 Å². The van der Waals surface area contributed by atoms with Crippen molar-refractivity contribution in [3.05, 3.63) is 50.5 Å². The summed E-state index contributed by atoms with van der Waals surface area (Å²) in [7, 11) is 0. The SMILES string of the molecule is NCc1ccc(OCc2cncs2)c([N+](=O)[O-])c1. The standard InChI is InChI=1S/C11H11N3O3S/c12-4-8-1-2-11(10(3-8)14(15)16)17-6-9-5-13-7-18-9/h1-3,5,7H,4,6,12H2. The Morgan fingerprint density at radius 3 is 2.94 bits per heavy atom. The predicted molar refractivity (Wildman–Crippen MR) is 67.4 cm³/mol. The minimum absolute atomic E-state index is 0.0672. The lowest BCUT2D eigenvalue weighted by atomic mass is 10.2. The normalized spacial score (nSPS) is 10.3. The fourth-order valence-electron chi connectivity index (χ4n) is 1.42. The third kappa shape index (κ3) is 2.82. The molecule has 0 bridgehead atoms. The van der Waals surface area contributed by atoms with Crippen molar-refractivity contribution in [2.45, 2.75) is 13.2 Å². The lowest BCUT2D eigenvalue weighted by Crippen LogP contribution is -2.01. The molecule has 0 radical (unpaired) electrons. The molecule has 6 nitrogen and oxygen atoms in total. The van der Waals surface area contributed by atoms with Crippen LogP contribution in [-0.4, -0.2) is 9.91 Å². The Morgan fingerprint density at radius 1 is 1.50 bits per heavy atom. The Hall–Kier alpha value is -1.99. The highest BCUT2D eigenvalue weighted by Crippen LogP contribution is 2.28. The average molecular weight is 265 g/mol. The maximum absolute atomic E-state index is 10.9. The highest BCUT2D eigenvalue weighted by Gasteiger charge is 2.15. The molecule has 0 unspecified atom stereocenters. The molecule has 0 saturated heterocycles. The summed E-state index contributed by atoms with van der Waals surface area (Å²) >= 11 is 1.44. The van der Waals surface area contributed by atoms with Gasteiger partial charge in [0.05, 0.1) is 15.3 Å². The maximum Gasteiger partial charge on any atom is 0.311 e. The molecule has 0 fully saturated rings. The van der Waals surface area contributed by atoms with E-state index in [4.69, 9.17) is 10.5 Å². The summed E-state index contributed by atoms with van der Waals surface area (Å²) in [5.41, 5.74) is 7.77. The van der Waals surface area contributed by atoms with Crippen molar-refractivity contribution in [2.75, 3.05) is 0 Å². The molecule has 0 aliphatic rings. The van der Waals surface area contributed by atoms with E-state index in [1.165, 1.54) is 17.4 Å². The zero-order valence-corrected chi connectivity index (χ0v) is 10.2. The third-order valence-electron chi connectivity index (χ3n) is 2.31. The van der Waals surface area contributed by atoms with E-state index in [1.54, 1.807) is 23.8 Å². The van der Waals surface area contributed by atoms with Crippen molar-refractivity contribution in [3.8, 4) is 5.75 Å². The van der Waals surface area contributed by atoms with Crippen molar-refractivity contribution in [3.63, 3.8) is 0 Å². The second-order valence-electron chi connectivity index (χ2n) is 3.52. The zero-order valence-electron chi connectivity index (χ0n) is 9.41. The first-order valence-electron chi connectivity index (χ1n) is 5.18. The summed E-state index contributed by atoms with van der Waals surface area (Å²) in [4.78, 5) is 15.3. The van der Waals surface area contributed by atoms with Crippen molar-refractivity contribution in [2.24, 2.45) is 5.73 Å². The smallest absolute Gasteiger partial charge is 0.311 e. The van der Waals surface area contributed by atoms with Gasteiger partial charge in [-0.05, 0) is 11.6 Å². The lowest BCUT2D eigenvalue weighted by molar-refractivity contribution is -0.386. The van der Waals surface area contributed by atoms with Crippen LogP contribution in [0.25, 0.3) is 0 Å². The van der Waals surface area contributed by atoms with E-state index in [0.29, 0.717) is 5.56 Å². The monoisotopic (exact) mass is 265 g/mol. The Bertz CT molecular complexity index is 542. The fourth-order valence-corrected chi connectivity index (χ4v) is 1.92. The van der Waals surface area contributed by atoms with Gasteiger partial charge in [0, 0.05) is 18.8 Å². The van der Waals surface area contributed by atoms with Crippen LogP contribution in [0.1, 0.15) is 10.4 Å². The molecule has 18 heavy (non-hydrogen) atoms. The molecule has 2 rings (SSSR count). The summed E-state index contributed by atoms with van der Waals surface area (Å²) in [5.74, 6) is 0.241. The summed E-state index contributed by atoms with van der Waals surface area (Å²) in [6, 6.07) is 4.72. The van der Waals surface area contributed by atoms with Crippen molar-refractivity contribution >= 4 is 17.0 Å². The van der Waals surface area contributed by atoms with Crippen LogP contribution >= 0.6 is 11.3 Å². The molecule has 0 saturated carbocycles. The molecule has 2 N–H and O–H groups in total. The quantitative estimate of drug-likeness (QED) is 0.660. The summed E-state index contributed by atoms with van der Waals surface area (Å²) in [5, 5.41) is 10.9. The van der Waals surface area contributed by atoms with Crippen LogP contribution < -0.4 is 10.5 Å². The number of aromatic nitrogens is 1. The first-order chi connectivity index (χ1) is 8.70. The van der Waals surface area contributed by atoms with Crippen LogP contribution in [0.15, 0.2) is 29.9 Å². The second kappa shape index (κ2) is 5.56. The summed E-state index contributed by atoms with van der Waals surface area (Å²) in [6.07, 6.45) is 1.67. The number of rotatable bonds is 5. The first kappa shape index (κ1) is 12.5. The van der Waals surface area contributed by atoms with Gasteiger partial charge >= 0.3 is 5.69 Å². The number of thiazole rings is 1. The second-order valence-corrected chi connectivity index (χ2v) is 4.49. The molecule has 1 aromatic heterocycles. The van der Waals surface area contributed by atoms with Gasteiger partial charge in [-0.25, -0.2) is 0 Å². The zero-order chi connectivity index (χ0) is 13.0. The van der Waals surface area contributed by atoms with Crippen molar-refractivity contribution in [1.82, 2.24) is 4.98 Å². The lowest BCUT2D eigenvalue weighted by Gasteiger charge is -2.06. The molecule has 1 aromatic carbocycles. The highest BCUT2D eigenvalue weighted by molar-refractivity contribution is 7.09. The molecule has 1 heterocycles. The number of hydrogen-bond donors (Lipinski definition) is 1. The molecule has 2 aromatic rings. The van der Waals surface area contributed by atoms with Gasteiger partial charge in [0.15, 0.2) is 5.75 Å². The molecule has 0 spiro atoms. The summed E-state index contributed by atoms with van der Waals surface area (Å²) < 4.78 is 5.43. The Labute approximate surface area is 107 Å². The van der Waals surface area contributed by atoms with E-state index in [0.717, 1.165) is 4.88 Å². The Kier molecular flexibility index (Phi) is 3.85. The van der Waals surface area contributed by atoms with Crippen LogP contribution in [0.4, 0.5) is 5.69 Å². The van der Waals surface area contributed by atoms with Crippen LogP contribution in [-0.2, 0) is 13.2 Å². The molecule has 0 aliphatic carbocycles. The van der Waals surface area contributed by atoms with Gasteiger partial charge in [0.25, 0.3) is 0 Å². The molecule has 0 atom stereocenters. The van der Waals surface area contributed by atoms with Crippen LogP contribution in [0, 0.1) is 10.1 Å². The van der Waals surface area contributed by atoms with E-state index in [1.807, 2.05) is 0 Å². The number of nitrogens with zero attached hydrogens (tertiary/aromatic N) is 2. The van der Waals surface area contributed by atoms with Crippen LogP contribution in [0.3, 0.4) is 0 Å². The van der Waals surface area contributed by atoms with Gasteiger partial charge in [0.2, 0.25) is 0 Å². The molecular formula is C11H11N3O3S. The largest absolute Gasteiger partial charge is 0.481 e. The fraction of sp³-hybridized carbons (Fsp3) is 0.182. The van der Waals surface area contributed by atoms with Gasteiger partial charge in [0.1, 0.15) is 6.61 Å². The van der Waals surface area contributed by atoms with E-state index >= 15 is 0 Å². The van der Waals surface area contributed by atoms with Gasteiger partial charge in [-0.2, -0.15) is 0 Å². The van der Waals surface area contributed by atoms with E-state index < -0.39 is 4.92 Å². The summed E-state index contributed by atoms with van der Waals surface area (Å²) in [6.45, 7) is 0.531. The maximum atomic E-state index is 10.9. The molecule has 94 valence electrons. The topological polar surface area (TPSA) is 91.3 Å². The number of hydrogen-bond acceptors (Lipinski definition) is 6. The van der Waals surface area contributed by atoms with Crippen molar-refractivity contribution in [1.29, 1.82) is 0 Å². The molecule has 7 heteroatoms. The van der Waals surface area contributed by atoms with E-state index in [-0.39, 0.29) is 24.6 Å². The average Bonchev–Trinajstić information content (AvgIpc) is 2.89. The van der Waals surface area contributed by atoms with Crippen molar-refractivity contribution < 1.29 is 9.66 Å². The van der Waals surface area contributed by atoms with E-state index in [9.17, 15) is 10.1 Å². The number of ether oxygens (including phenoxy) is 1.